The lowest BCUT2D eigenvalue weighted by Gasteiger charge is -2.35. The van der Waals surface area contributed by atoms with Crippen molar-refractivity contribution in [2.75, 3.05) is 31.5 Å². The minimum Gasteiger partial charge on any atom is -0.372 e. The van der Waals surface area contributed by atoms with Crippen molar-refractivity contribution >= 4 is 17.5 Å². The number of carbonyl (C=O) groups excluding carboxylic acids is 2. The van der Waals surface area contributed by atoms with Crippen molar-refractivity contribution in [2.24, 2.45) is 5.92 Å². The van der Waals surface area contributed by atoms with Crippen LogP contribution in [0.25, 0.3) is 0 Å². The number of hydrogen-bond donors (Lipinski definition) is 2. The van der Waals surface area contributed by atoms with Crippen molar-refractivity contribution in [2.45, 2.75) is 45.4 Å². The summed E-state index contributed by atoms with van der Waals surface area (Å²) in [6, 6.07) is 0. The minimum absolute atomic E-state index is 0.0151. The van der Waals surface area contributed by atoms with Crippen molar-refractivity contribution in [1.29, 1.82) is 0 Å². The van der Waals surface area contributed by atoms with E-state index in [1.807, 2.05) is 18.7 Å². The molecule has 2 atom stereocenters. The summed E-state index contributed by atoms with van der Waals surface area (Å²) in [4.78, 5) is 26.5. The summed E-state index contributed by atoms with van der Waals surface area (Å²) in [5.74, 6) is 0.0899. The number of morpholine rings is 1. The number of nitrogens with zero attached hydrogens (tertiary/aromatic N) is 3. The first-order valence-corrected chi connectivity index (χ1v) is 8.98. The summed E-state index contributed by atoms with van der Waals surface area (Å²) in [5.41, 5.74) is 0.639. The minimum atomic E-state index is 0.0151. The van der Waals surface area contributed by atoms with Gasteiger partial charge in [-0.15, -0.1) is 0 Å². The van der Waals surface area contributed by atoms with E-state index >= 15 is 0 Å². The molecule has 8 heteroatoms. The van der Waals surface area contributed by atoms with Crippen LogP contribution in [-0.2, 0) is 20.9 Å². The Morgan fingerprint density at radius 1 is 1.28 bits per heavy atom. The fraction of sp³-hybridized carbons (Fsp3) is 0.706. The fourth-order valence-electron chi connectivity index (χ4n) is 3.46. The van der Waals surface area contributed by atoms with E-state index in [1.165, 1.54) is 0 Å². The maximum Gasteiger partial charge on any atom is 0.244 e. The second-order valence-corrected chi connectivity index (χ2v) is 7.00. The Bertz CT molecular complexity index is 601. The Morgan fingerprint density at radius 2 is 1.96 bits per heavy atom. The number of aromatic nitrogens is 2. The molecule has 2 aliphatic rings. The number of hydrogen-bond acceptors (Lipinski definition) is 5. The third-order valence-corrected chi connectivity index (χ3v) is 4.68. The number of nitrogens with one attached hydrogen (secondary N) is 2. The lowest BCUT2D eigenvalue weighted by atomic mass is 9.97. The number of piperidine rings is 1. The maximum absolute atomic E-state index is 12.5. The molecule has 2 amide bonds. The van der Waals surface area contributed by atoms with Crippen LogP contribution in [0.4, 0.5) is 5.69 Å². The molecule has 1 aromatic heterocycles. The Hall–Kier alpha value is -1.93. The molecule has 0 aromatic carbocycles. The molecule has 3 rings (SSSR count). The van der Waals surface area contributed by atoms with Gasteiger partial charge in [-0.1, -0.05) is 0 Å². The van der Waals surface area contributed by atoms with Gasteiger partial charge in [0.05, 0.1) is 24.1 Å². The van der Waals surface area contributed by atoms with Gasteiger partial charge in [0.2, 0.25) is 11.8 Å². The van der Waals surface area contributed by atoms with E-state index < -0.39 is 0 Å². The van der Waals surface area contributed by atoms with E-state index in [0.29, 0.717) is 18.8 Å². The van der Waals surface area contributed by atoms with Gasteiger partial charge in [-0.25, -0.2) is 0 Å². The number of carbonyl (C=O) groups is 2. The molecule has 138 valence electrons. The van der Waals surface area contributed by atoms with Crippen molar-refractivity contribution < 1.29 is 14.3 Å². The van der Waals surface area contributed by atoms with Gasteiger partial charge in [0.25, 0.3) is 0 Å². The molecule has 0 saturated carbocycles. The van der Waals surface area contributed by atoms with Gasteiger partial charge >= 0.3 is 0 Å². The molecule has 2 saturated heterocycles. The maximum atomic E-state index is 12.5. The molecule has 1 aromatic rings. The third kappa shape index (κ3) is 4.79. The molecule has 0 radical (unpaired) electrons. The van der Waals surface area contributed by atoms with E-state index in [9.17, 15) is 9.59 Å². The van der Waals surface area contributed by atoms with Gasteiger partial charge in [0, 0.05) is 25.2 Å². The van der Waals surface area contributed by atoms with Crippen molar-refractivity contribution in [3.8, 4) is 0 Å². The molecule has 0 aliphatic carbocycles. The van der Waals surface area contributed by atoms with Gasteiger partial charge in [-0.3, -0.25) is 14.3 Å². The summed E-state index contributed by atoms with van der Waals surface area (Å²) in [5, 5.41) is 10.4. The van der Waals surface area contributed by atoms with E-state index in [4.69, 9.17) is 4.74 Å². The van der Waals surface area contributed by atoms with Crippen LogP contribution >= 0.6 is 0 Å². The summed E-state index contributed by atoms with van der Waals surface area (Å²) >= 11 is 0. The zero-order chi connectivity index (χ0) is 17.8. The molecule has 2 N–H and O–H groups in total. The molecule has 8 nitrogen and oxygen atoms in total. The normalized spacial score (nSPS) is 25.0. The molecule has 2 aliphatic heterocycles. The topological polar surface area (TPSA) is 88.5 Å². The first-order chi connectivity index (χ1) is 12.0. The summed E-state index contributed by atoms with van der Waals surface area (Å²) in [7, 11) is 0. The number of amides is 2. The largest absolute Gasteiger partial charge is 0.372 e. The van der Waals surface area contributed by atoms with Crippen LogP contribution in [0.1, 0.15) is 26.7 Å². The second kappa shape index (κ2) is 7.97. The summed E-state index contributed by atoms with van der Waals surface area (Å²) in [6.45, 7) is 7.07. The smallest absolute Gasteiger partial charge is 0.244 e. The van der Waals surface area contributed by atoms with Crippen LogP contribution < -0.4 is 10.6 Å². The average Bonchev–Trinajstić information content (AvgIpc) is 3.01. The molecule has 2 fully saturated rings. The zero-order valence-corrected chi connectivity index (χ0v) is 14.9. The van der Waals surface area contributed by atoms with Crippen LogP contribution in [0.5, 0.6) is 0 Å². The highest BCUT2D eigenvalue weighted by atomic mass is 16.5. The molecule has 2 unspecified atom stereocenters. The SMILES string of the molecule is CC1CN(C(=O)Cn2cc(NC(=O)C3CCNCC3)cn2)CC(C)O1. The van der Waals surface area contributed by atoms with Gasteiger partial charge in [0.15, 0.2) is 0 Å². The van der Waals surface area contributed by atoms with E-state index in [-0.39, 0.29) is 36.5 Å². The quantitative estimate of drug-likeness (QED) is 0.824. The third-order valence-electron chi connectivity index (χ3n) is 4.68. The van der Waals surface area contributed by atoms with Gasteiger partial charge < -0.3 is 20.3 Å². The Labute approximate surface area is 147 Å². The molecule has 25 heavy (non-hydrogen) atoms. The van der Waals surface area contributed by atoms with Crippen LogP contribution in [0, 0.1) is 5.92 Å². The van der Waals surface area contributed by atoms with E-state index in [2.05, 4.69) is 15.7 Å². The fourth-order valence-corrected chi connectivity index (χ4v) is 3.46. The Balaban J connectivity index is 1.52. The highest BCUT2D eigenvalue weighted by molar-refractivity contribution is 5.92. The summed E-state index contributed by atoms with van der Waals surface area (Å²) in [6.07, 6.45) is 5.11. The molecular weight excluding hydrogens is 322 g/mol. The van der Waals surface area contributed by atoms with Crippen LogP contribution in [0.15, 0.2) is 12.4 Å². The second-order valence-electron chi connectivity index (χ2n) is 7.00. The monoisotopic (exact) mass is 349 g/mol. The molecule has 0 bridgehead atoms. The number of ether oxygens (including phenoxy) is 1. The first-order valence-electron chi connectivity index (χ1n) is 8.98. The zero-order valence-electron chi connectivity index (χ0n) is 14.9. The molecule has 0 spiro atoms. The van der Waals surface area contributed by atoms with Crippen LogP contribution in [-0.4, -0.2) is 64.9 Å². The first kappa shape index (κ1) is 17.9. The number of anilines is 1. The lowest BCUT2D eigenvalue weighted by molar-refractivity contribution is -0.144. The predicted molar refractivity (Wildman–Crippen MR) is 93.0 cm³/mol. The van der Waals surface area contributed by atoms with Crippen LogP contribution in [0.3, 0.4) is 0 Å². The highest BCUT2D eigenvalue weighted by Gasteiger charge is 2.26. The van der Waals surface area contributed by atoms with Crippen molar-refractivity contribution in [3.05, 3.63) is 12.4 Å². The number of rotatable bonds is 4. The Morgan fingerprint density at radius 3 is 2.64 bits per heavy atom. The Kier molecular flexibility index (Phi) is 5.70. The van der Waals surface area contributed by atoms with Crippen molar-refractivity contribution in [3.63, 3.8) is 0 Å². The predicted octanol–water partition coefficient (Wildman–Crippen LogP) is 0.457. The van der Waals surface area contributed by atoms with Crippen LogP contribution in [0.2, 0.25) is 0 Å². The van der Waals surface area contributed by atoms with Crippen molar-refractivity contribution in [1.82, 2.24) is 20.0 Å². The molecule has 3 heterocycles. The van der Waals surface area contributed by atoms with Gasteiger partial charge in [-0.05, 0) is 39.8 Å². The average molecular weight is 349 g/mol. The lowest BCUT2D eigenvalue weighted by Crippen LogP contribution is -2.49. The van der Waals surface area contributed by atoms with Gasteiger partial charge in [-0.2, -0.15) is 5.10 Å². The standard InChI is InChI=1S/C17H27N5O3/c1-12-8-21(9-13(2)25-12)16(23)11-22-10-15(7-19-22)20-17(24)14-3-5-18-6-4-14/h7,10,12-14,18H,3-6,8-9,11H2,1-2H3,(H,20,24). The van der Waals surface area contributed by atoms with E-state index in [0.717, 1.165) is 25.9 Å². The highest BCUT2D eigenvalue weighted by Crippen LogP contribution is 2.16. The summed E-state index contributed by atoms with van der Waals surface area (Å²) < 4.78 is 7.23. The molecular formula is C17H27N5O3. The van der Waals surface area contributed by atoms with Gasteiger partial charge in [0.1, 0.15) is 6.54 Å². The van der Waals surface area contributed by atoms with E-state index in [1.54, 1.807) is 17.1 Å².